The summed E-state index contributed by atoms with van der Waals surface area (Å²) in [7, 11) is 0. The van der Waals surface area contributed by atoms with E-state index in [4.69, 9.17) is 5.11 Å². The fourth-order valence-corrected chi connectivity index (χ4v) is 2.75. The summed E-state index contributed by atoms with van der Waals surface area (Å²) in [5, 5.41) is 10.7. The van der Waals surface area contributed by atoms with Crippen LogP contribution in [0.3, 0.4) is 0 Å². The Hall–Kier alpha value is -2.16. The molecule has 0 heterocycles. The van der Waals surface area contributed by atoms with Crippen LogP contribution in [0.15, 0.2) is 30.3 Å². The fourth-order valence-electron chi connectivity index (χ4n) is 2.75. The highest BCUT2D eigenvalue weighted by Gasteiger charge is 2.14. The van der Waals surface area contributed by atoms with Crippen molar-refractivity contribution < 1.29 is 14.7 Å². The predicted molar refractivity (Wildman–Crippen MR) is 84.0 cm³/mol. The first-order valence-corrected chi connectivity index (χ1v) is 7.19. The highest BCUT2D eigenvalue weighted by atomic mass is 16.4. The average molecular weight is 284 g/mol. The molecule has 0 aliphatic rings. The van der Waals surface area contributed by atoms with Gasteiger partial charge in [0.15, 0.2) is 5.78 Å². The lowest BCUT2D eigenvalue weighted by atomic mass is 9.90. The third kappa shape index (κ3) is 3.13. The van der Waals surface area contributed by atoms with Gasteiger partial charge in [0.05, 0.1) is 6.42 Å². The molecule has 0 saturated heterocycles. The number of benzene rings is 2. The first-order valence-electron chi connectivity index (χ1n) is 7.19. The zero-order chi connectivity index (χ0) is 15.6. The van der Waals surface area contributed by atoms with Crippen LogP contribution in [0.2, 0.25) is 0 Å². The molecule has 0 fully saturated rings. The van der Waals surface area contributed by atoms with Gasteiger partial charge in [0.1, 0.15) is 0 Å². The Labute approximate surface area is 124 Å². The summed E-state index contributed by atoms with van der Waals surface area (Å²) in [4.78, 5) is 22.9. The lowest BCUT2D eigenvalue weighted by Gasteiger charge is -2.14. The number of Topliss-reactive ketones (excluding diaryl/α,β-unsaturated/α-hetero) is 1. The number of rotatable bonds is 5. The third-order valence-corrected chi connectivity index (χ3v) is 3.86. The largest absolute Gasteiger partial charge is 0.481 e. The van der Waals surface area contributed by atoms with Gasteiger partial charge in [-0.1, -0.05) is 44.2 Å². The smallest absolute Gasteiger partial charge is 0.303 e. The van der Waals surface area contributed by atoms with Crippen molar-refractivity contribution in [3.63, 3.8) is 0 Å². The van der Waals surface area contributed by atoms with Crippen molar-refractivity contribution in [2.75, 3.05) is 0 Å². The molecule has 0 spiro atoms. The van der Waals surface area contributed by atoms with Crippen LogP contribution in [-0.2, 0) is 4.79 Å². The number of aliphatic carboxylic acids is 1. The van der Waals surface area contributed by atoms with Crippen LogP contribution in [-0.4, -0.2) is 16.9 Å². The number of carboxylic acid groups (broad SMARTS) is 1. The van der Waals surface area contributed by atoms with Crippen molar-refractivity contribution in [3.05, 3.63) is 47.0 Å². The molecule has 2 aromatic carbocycles. The zero-order valence-electron chi connectivity index (χ0n) is 12.6. The molecule has 3 heteroatoms. The van der Waals surface area contributed by atoms with E-state index in [1.807, 2.05) is 18.2 Å². The Kier molecular flexibility index (Phi) is 4.41. The number of carboxylic acids is 1. The van der Waals surface area contributed by atoms with Gasteiger partial charge >= 0.3 is 5.97 Å². The number of hydrogen-bond acceptors (Lipinski definition) is 2. The van der Waals surface area contributed by atoms with Crippen molar-refractivity contribution >= 4 is 22.5 Å². The molecule has 0 saturated carbocycles. The number of hydrogen-bond donors (Lipinski definition) is 1. The van der Waals surface area contributed by atoms with Gasteiger partial charge in [0.2, 0.25) is 0 Å². The molecule has 0 aromatic heterocycles. The molecule has 0 bridgehead atoms. The molecule has 2 rings (SSSR count). The van der Waals surface area contributed by atoms with Crippen LogP contribution in [0.5, 0.6) is 0 Å². The molecular weight excluding hydrogens is 264 g/mol. The van der Waals surface area contributed by atoms with E-state index >= 15 is 0 Å². The molecule has 1 N–H and O–H groups in total. The van der Waals surface area contributed by atoms with Gasteiger partial charge in [0.25, 0.3) is 0 Å². The van der Waals surface area contributed by atoms with Crippen molar-refractivity contribution in [2.45, 2.75) is 39.5 Å². The SMILES string of the molecule is Cc1c(C(C)C)ccc2c(C(=O)CCC(=O)O)cccc12. The number of fused-ring (bicyclic) bond motifs is 1. The molecule has 0 atom stereocenters. The molecule has 2 aromatic rings. The third-order valence-electron chi connectivity index (χ3n) is 3.86. The van der Waals surface area contributed by atoms with Crippen LogP contribution < -0.4 is 0 Å². The minimum atomic E-state index is -0.943. The van der Waals surface area contributed by atoms with E-state index in [1.54, 1.807) is 6.07 Å². The summed E-state index contributed by atoms with van der Waals surface area (Å²) in [5.41, 5.74) is 3.08. The first kappa shape index (κ1) is 15.2. The summed E-state index contributed by atoms with van der Waals surface area (Å²) < 4.78 is 0. The normalized spacial score (nSPS) is 11.0. The second-order valence-corrected chi connectivity index (χ2v) is 5.65. The molecule has 110 valence electrons. The number of aryl methyl sites for hydroxylation is 1. The zero-order valence-corrected chi connectivity index (χ0v) is 12.6. The quantitative estimate of drug-likeness (QED) is 0.832. The molecule has 0 aliphatic heterocycles. The van der Waals surface area contributed by atoms with E-state index in [0.717, 1.165) is 10.8 Å². The van der Waals surface area contributed by atoms with Crippen LogP contribution in [0.25, 0.3) is 10.8 Å². The van der Waals surface area contributed by atoms with Gasteiger partial charge in [-0.3, -0.25) is 9.59 Å². The predicted octanol–water partition coefficient (Wildman–Crippen LogP) is 4.32. The van der Waals surface area contributed by atoms with E-state index in [9.17, 15) is 9.59 Å². The minimum Gasteiger partial charge on any atom is -0.481 e. The van der Waals surface area contributed by atoms with E-state index in [-0.39, 0.29) is 18.6 Å². The molecular formula is C18H20O3. The fraction of sp³-hybridized carbons (Fsp3) is 0.333. The molecule has 0 aliphatic carbocycles. The van der Waals surface area contributed by atoms with Crippen molar-refractivity contribution in [3.8, 4) is 0 Å². The van der Waals surface area contributed by atoms with Gasteiger partial charge in [-0.05, 0) is 34.7 Å². The summed E-state index contributed by atoms with van der Waals surface area (Å²) in [6.07, 6.45) is -0.0856. The van der Waals surface area contributed by atoms with Gasteiger partial charge in [-0.15, -0.1) is 0 Å². The molecule has 0 amide bonds. The highest BCUT2D eigenvalue weighted by Crippen LogP contribution is 2.29. The molecule has 21 heavy (non-hydrogen) atoms. The Bertz CT molecular complexity index is 699. The Morgan fingerprint density at radius 1 is 1.05 bits per heavy atom. The van der Waals surface area contributed by atoms with Crippen LogP contribution in [0.1, 0.15) is 54.1 Å². The Balaban J connectivity index is 2.49. The number of carbonyl (C=O) groups is 2. The molecule has 0 unspecified atom stereocenters. The van der Waals surface area contributed by atoms with E-state index < -0.39 is 5.97 Å². The first-order chi connectivity index (χ1) is 9.91. The van der Waals surface area contributed by atoms with E-state index in [2.05, 4.69) is 26.8 Å². The maximum Gasteiger partial charge on any atom is 0.303 e. The highest BCUT2D eigenvalue weighted by molar-refractivity contribution is 6.09. The molecule has 3 nitrogen and oxygen atoms in total. The topological polar surface area (TPSA) is 54.4 Å². The van der Waals surface area contributed by atoms with Crippen LogP contribution >= 0.6 is 0 Å². The monoisotopic (exact) mass is 284 g/mol. The summed E-state index contributed by atoms with van der Waals surface area (Å²) in [5.74, 6) is -0.623. The second kappa shape index (κ2) is 6.08. The summed E-state index contributed by atoms with van der Waals surface area (Å²) in [6, 6.07) is 9.71. The van der Waals surface area contributed by atoms with E-state index in [1.165, 1.54) is 11.1 Å². The van der Waals surface area contributed by atoms with Gasteiger partial charge < -0.3 is 5.11 Å². The van der Waals surface area contributed by atoms with Gasteiger partial charge in [0, 0.05) is 12.0 Å². The van der Waals surface area contributed by atoms with E-state index in [0.29, 0.717) is 11.5 Å². The summed E-state index contributed by atoms with van der Waals surface area (Å²) in [6.45, 7) is 6.37. The van der Waals surface area contributed by atoms with Crippen LogP contribution in [0, 0.1) is 6.92 Å². The van der Waals surface area contributed by atoms with Gasteiger partial charge in [-0.25, -0.2) is 0 Å². The van der Waals surface area contributed by atoms with Crippen molar-refractivity contribution in [2.24, 2.45) is 0 Å². The lowest BCUT2D eigenvalue weighted by molar-refractivity contribution is -0.136. The number of carbonyl (C=O) groups excluding carboxylic acids is 1. The molecule has 0 radical (unpaired) electrons. The maximum atomic E-state index is 12.2. The Morgan fingerprint density at radius 2 is 1.76 bits per heavy atom. The van der Waals surface area contributed by atoms with Gasteiger partial charge in [-0.2, -0.15) is 0 Å². The van der Waals surface area contributed by atoms with Crippen molar-refractivity contribution in [1.82, 2.24) is 0 Å². The average Bonchev–Trinajstić information content (AvgIpc) is 2.44. The van der Waals surface area contributed by atoms with Crippen molar-refractivity contribution in [1.29, 1.82) is 0 Å². The standard InChI is InChI=1S/C18H20O3/c1-11(2)13-7-8-15-14(12(13)3)5-4-6-16(15)17(19)9-10-18(20)21/h4-8,11H,9-10H2,1-3H3,(H,20,21). The minimum absolute atomic E-state index is 0.0411. The summed E-state index contributed by atoms with van der Waals surface area (Å²) >= 11 is 0. The van der Waals surface area contributed by atoms with Crippen LogP contribution in [0.4, 0.5) is 0 Å². The maximum absolute atomic E-state index is 12.2. The number of ketones is 1. The Morgan fingerprint density at radius 3 is 2.38 bits per heavy atom. The second-order valence-electron chi connectivity index (χ2n) is 5.65. The lowest BCUT2D eigenvalue weighted by Crippen LogP contribution is -2.05.